The molecule has 5 nitrogen and oxygen atoms in total. The highest BCUT2D eigenvalue weighted by molar-refractivity contribution is 5.09. The molecule has 2 aromatic rings. The van der Waals surface area contributed by atoms with Gasteiger partial charge in [0.2, 0.25) is 0 Å². The normalized spacial score (nSPS) is 13.1. The number of hydrogen-bond acceptors (Lipinski definition) is 3. The SMILES string of the molecule is CC(C)C(CN)c1cncn1CCc1ccn(C)n1. The summed E-state index contributed by atoms with van der Waals surface area (Å²) in [6.07, 6.45) is 6.72. The summed E-state index contributed by atoms with van der Waals surface area (Å²) >= 11 is 0. The molecular weight excluding hydrogens is 238 g/mol. The lowest BCUT2D eigenvalue weighted by atomic mass is 9.93. The van der Waals surface area contributed by atoms with E-state index >= 15 is 0 Å². The number of nitrogens with two attached hydrogens (primary N) is 1. The molecule has 19 heavy (non-hydrogen) atoms. The van der Waals surface area contributed by atoms with Gasteiger partial charge in [-0.05, 0) is 12.0 Å². The number of hydrogen-bond donors (Lipinski definition) is 1. The quantitative estimate of drug-likeness (QED) is 0.858. The van der Waals surface area contributed by atoms with E-state index in [-0.39, 0.29) is 0 Å². The lowest BCUT2D eigenvalue weighted by molar-refractivity contribution is 0.471. The van der Waals surface area contributed by atoms with Crippen LogP contribution in [-0.2, 0) is 20.0 Å². The highest BCUT2D eigenvalue weighted by Crippen LogP contribution is 2.23. The summed E-state index contributed by atoms with van der Waals surface area (Å²) in [7, 11) is 1.94. The minimum atomic E-state index is 0.367. The van der Waals surface area contributed by atoms with E-state index in [1.807, 2.05) is 30.5 Å². The fourth-order valence-corrected chi connectivity index (χ4v) is 2.39. The third-order valence-electron chi connectivity index (χ3n) is 3.56. The zero-order chi connectivity index (χ0) is 13.8. The van der Waals surface area contributed by atoms with Crippen LogP contribution in [0, 0.1) is 5.92 Å². The van der Waals surface area contributed by atoms with Gasteiger partial charge in [0.05, 0.1) is 12.0 Å². The van der Waals surface area contributed by atoms with Crippen molar-refractivity contribution in [1.82, 2.24) is 19.3 Å². The van der Waals surface area contributed by atoms with E-state index in [4.69, 9.17) is 5.73 Å². The van der Waals surface area contributed by atoms with Gasteiger partial charge in [-0.25, -0.2) is 4.98 Å². The first-order chi connectivity index (χ1) is 9.11. The first-order valence-electron chi connectivity index (χ1n) is 6.80. The van der Waals surface area contributed by atoms with E-state index in [2.05, 4.69) is 34.6 Å². The van der Waals surface area contributed by atoms with Crippen molar-refractivity contribution < 1.29 is 0 Å². The third kappa shape index (κ3) is 3.23. The lowest BCUT2D eigenvalue weighted by Gasteiger charge is -2.20. The molecule has 0 aromatic carbocycles. The van der Waals surface area contributed by atoms with Crippen molar-refractivity contribution in [3.8, 4) is 0 Å². The smallest absolute Gasteiger partial charge is 0.0948 e. The second kappa shape index (κ2) is 6.02. The molecule has 0 radical (unpaired) electrons. The van der Waals surface area contributed by atoms with Crippen LogP contribution in [0.15, 0.2) is 24.8 Å². The van der Waals surface area contributed by atoms with E-state index in [9.17, 15) is 0 Å². The molecule has 1 atom stereocenters. The molecule has 0 aliphatic heterocycles. The van der Waals surface area contributed by atoms with Gasteiger partial charge in [-0.2, -0.15) is 5.10 Å². The van der Waals surface area contributed by atoms with Gasteiger partial charge in [0, 0.05) is 50.6 Å². The van der Waals surface area contributed by atoms with Gasteiger partial charge >= 0.3 is 0 Å². The van der Waals surface area contributed by atoms with Crippen LogP contribution in [0.3, 0.4) is 0 Å². The number of aryl methyl sites for hydroxylation is 3. The maximum absolute atomic E-state index is 5.89. The second-order valence-electron chi connectivity index (χ2n) is 5.33. The average Bonchev–Trinajstić information content (AvgIpc) is 2.96. The van der Waals surface area contributed by atoms with Gasteiger partial charge in [-0.3, -0.25) is 4.68 Å². The molecule has 2 N–H and O–H groups in total. The van der Waals surface area contributed by atoms with Crippen molar-refractivity contribution in [2.45, 2.75) is 32.7 Å². The molecule has 0 saturated carbocycles. The summed E-state index contributed by atoms with van der Waals surface area (Å²) in [4.78, 5) is 4.27. The summed E-state index contributed by atoms with van der Waals surface area (Å²) in [5.41, 5.74) is 8.23. The monoisotopic (exact) mass is 261 g/mol. The fourth-order valence-electron chi connectivity index (χ4n) is 2.39. The summed E-state index contributed by atoms with van der Waals surface area (Å²) in [6, 6.07) is 2.06. The Labute approximate surface area is 114 Å². The highest BCUT2D eigenvalue weighted by atomic mass is 15.2. The molecule has 0 saturated heterocycles. The molecule has 0 aliphatic rings. The molecule has 0 aliphatic carbocycles. The number of imidazole rings is 1. The molecule has 1 unspecified atom stereocenters. The van der Waals surface area contributed by atoms with Crippen LogP contribution in [0.4, 0.5) is 0 Å². The van der Waals surface area contributed by atoms with Gasteiger partial charge < -0.3 is 10.3 Å². The van der Waals surface area contributed by atoms with Gasteiger partial charge in [0.25, 0.3) is 0 Å². The maximum Gasteiger partial charge on any atom is 0.0948 e. The highest BCUT2D eigenvalue weighted by Gasteiger charge is 2.18. The zero-order valence-electron chi connectivity index (χ0n) is 12.0. The van der Waals surface area contributed by atoms with Crippen LogP contribution in [0.25, 0.3) is 0 Å². The Morgan fingerprint density at radius 1 is 1.37 bits per heavy atom. The van der Waals surface area contributed by atoms with E-state index < -0.39 is 0 Å². The fraction of sp³-hybridized carbons (Fsp3) is 0.571. The molecule has 0 bridgehead atoms. The predicted octanol–water partition coefficient (Wildman–Crippen LogP) is 1.56. The van der Waals surface area contributed by atoms with Crippen LogP contribution in [-0.4, -0.2) is 25.9 Å². The Kier molecular flexibility index (Phi) is 4.37. The van der Waals surface area contributed by atoms with Gasteiger partial charge in [-0.15, -0.1) is 0 Å². The summed E-state index contributed by atoms with van der Waals surface area (Å²) in [6.45, 7) is 5.96. The van der Waals surface area contributed by atoms with Crippen molar-refractivity contribution >= 4 is 0 Å². The minimum absolute atomic E-state index is 0.367. The Morgan fingerprint density at radius 3 is 2.74 bits per heavy atom. The molecule has 104 valence electrons. The van der Waals surface area contributed by atoms with Gasteiger partial charge in [0.15, 0.2) is 0 Å². The van der Waals surface area contributed by atoms with Crippen LogP contribution < -0.4 is 5.73 Å². The van der Waals surface area contributed by atoms with E-state index in [0.717, 1.165) is 18.7 Å². The number of nitrogens with zero attached hydrogens (tertiary/aromatic N) is 4. The molecule has 0 spiro atoms. The number of rotatable bonds is 6. The topological polar surface area (TPSA) is 61.7 Å². The molecule has 0 amide bonds. The Hall–Kier alpha value is -1.62. The van der Waals surface area contributed by atoms with Crippen LogP contribution in [0.5, 0.6) is 0 Å². The average molecular weight is 261 g/mol. The Morgan fingerprint density at radius 2 is 2.16 bits per heavy atom. The lowest BCUT2D eigenvalue weighted by Crippen LogP contribution is -2.21. The van der Waals surface area contributed by atoms with Crippen molar-refractivity contribution in [3.05, 3.63) is 36.2 Å². The van der Waals surface area contributed by atoms with E-state index in [1.165, 1.54) is 5.69 Å². The molecule has 2 aromatic heterocycles. The van der Waals surface area contributed by atoms with Crippen LogP contribution >= 0.6 is 0 Å². The van der Waals surface area contributed by atoms with Crippen LogP contribution in [0.2, 0.25) is 0 Å². The predicted molar refractivity (Wildman–Crippen MR) is 75.8 cm³/mol. The van der Waals surface area contributed by atoms with Crippen molar-refractivity contribution in [3.63, 3.8) is 0 Å². The standard InChI is InChI=1S/C14H23N5/c1-11(2)13(8-15)14-9-16-10-19(14)7-5-12-4-6-18(3)17-12/h4,6,9-11,13H,5,7-8,15H2,1-3H3. The maximum atomic E-state index is 5.89. The summed E-state index contributed by atoms with van der Waals surface area (Å²) < 4.78 is 4.03. The third-order valence-corrected chi connectivity index (χ3v) is 3.56. The Bertz CT molecular complexity index is 511. The largest absolute Gasteiger partial charge is 0.334 e. The first kappa shape index (κ1) is 13.8. The molecule has 2 rings (SSSR count). The molecule has 5 heteroatoms. The molecular formula is C14H23N5. The first-order valence-corrected chi connectivity index (χ1v) is 6.80. The van der Waals surface area contributed by atoms with Gasteiger partial charge in [0.1, 0.15) is 0 Å². The summed E-state index contributed by atoms with van der Waals surface area (Å²) in [5, 5.41) is 4.40. The minimum Gasteiger partial charge on any atom is -0.334 e. The second-order valence-corrected chi connectivity index (χ2v) is 5.33. The van der Waals surface area contributed by atoms with Crippen molar-refractivity contribution in [1.29, 1.82) is 0 Å². The Balaban J connectivity index is 2.07. The number of aromatic nitrogens is 4. The van der Waals surface area contributed by atoms with E-state index in [0.29, 0.717) is 18.4 Å². The van der Waals surface area contributed by atoms with E-state index in [1.54, 1.807) is 0 Å². The molecule has 0 fully saturated rings. The summed E-state index contributed by atoms with van der Waals surface area (Å²) in [5.74, 6) is 0.890. The van der Waals surface area contributed by atoms with Crippen molar-refractivity contribution in [2.75, 3.05) is 6.54 Å². The zero-order valence-corrected chi connectivity index (χ0v) is 12.0. The molecule has 2 heterocycles. The van der Waals surface area contributed by atoms with Gasteiger partial charge in [-0.1, -0.05) is 13.8 Å². The van der Waals surface area contributed by atoms with Crippen molar-refractivity contribution in [2.24, 2.45) is 18.7 Å². The van der Waals surface area contributed by atoms with Crippen LogP contribution in [0.1, 0.15) is 31.2 Å².